The van der Waals surface area contributed by atoms with Gasteiger partial charge in [-0.1, -0.05) is 30.3 Å². The van der Waals surface area contributed by atoms with Crippen molar-refractivity contribution >= 4 is 16.9 Å². The van der Waals surface area contributed by atoms with Crippen molar-refractivity contribution in [2.75, 3.05) is 6.61 Å². The van der Waals surface area contributed by atoms with Crippen LogP contribution < -0.4 is 66.9 Å². The number of hydrogen-bond donors (Lipinski definition) is 2. The minimum Gasteiger partial charge on any atom is -1.00 e. The average Bonchev–Trinajstić information content (AvgIpc) is 2.61. The minimum absolute atomic E-state index is 0. The Bertz CT molecular complexity index is 932. The molecule has 0 saturated heterocycles. The predicted molar refractivity (Wildman–Crippen MR) is 92.3 cm³/mol. The number of nitrogens with one attached hydrogen (secondary N) is 2. The van der Waals surface area contributed by atoms with Gasteiger partial charge in [0.1, 0.15) is 11.1 Å². The molecule has 0 spiro atoms. The summed E-state index contributed by atoms with van der Waals surface area (Å²) >= 11 is 0. The van der Waals surface area contributed by atoms with E-state index < -0.39 is 11.3 Å². The molecule has 3 rings (SSSR count). The van der Waals surface area contributed by atoms with Crippen LogP contribution in [0.5, 0.6) is 5.88 Å². The molecule has 2 heterocycles. The Kier molecular flexibility index (Phi) is 7.33. The van der Waals surface area contributed by atoms with Crippen molar-refractivity contribution in [3.05, 3.63) is 70.0 Å². The van der Waals surface area contributed by atoms with E-state index in [0.717, 1.165) is 5.56 Å². The van der Waals surface area contributed by atoms with Crippen LogP contribution in [0.3, 0.4) is 0 Å². The Balaban J connectivity index is 0.00000169. The fraction of sp³-hybridized carbons (Fsp3) is 0.167. The van der Waals surface area contributed by atoms with Gasteiger partial charge in [-0.05, 0) is 18.6 Å². The summed E-state index contributed by atoms with van der Waals surface area (Å²) in [5, 5.41) is 2.74. The second kappa shape index (κ2) is 9.26. The zero-order valence-electron chi connectivity index (χ0n) is 15.2. The summed E-state index contributed by atoms with van der Waals surface area (Å²) in [5.74, 6) is -0.0806. The van der Waals surface area contributed by atoms with Crippen molar-refractivity contribution in [2.24, 2.45) is 0 Å². The SMILES string of the molecule is CCOc1ccc2[nH]cc(C(=O)NCc3ccccc3)c(=O)c2n1.[H-].[K+]. The van der Waals surface area contributed by atoms with Crippen molar-refractivity contribution in [1.29, 1.82) is 0 Å². The van der Waals surface area contributed by atoms with Crippen LogP contribution in [0.2, 0.25) is 0 Å². The van der Waals surface area contributed by atoms with Crippen molar-refractivity contribution in [3.8, 4) is 5.88 Å². The summed E-state index contributed by atoms with van der Waals surface area (Å²) in [6.45, 7) is 2.64. The normalized spacial score (nSPS) is 10.1. The molecule has 0 saturated carbocycles. The molecule has 2 N–H and O–H groups in total. The Morgan fingerprint density at radius 3 is 2.72 bits per heavy atom. The fourth-order valence-electron chi connectivity index (χ4n) is 2.34. The van der Waals surface area contributed by atoms with Crippen molar-refractivity contribution < 1.29 is 62.3 Å². The number of hydrogen-bond acceptors (Lipinski definition) is 4. The third-order valence-electron chi connectivity index (χ3n) is 3.53. The molecular formula is C18H18KN3O3. The molecule has 0 unspecified atom stereocenters. The van der Waals surface area contributed by atoms with Crippen LogP contribution in [-0.2, 0) is 6.54 Å². The third-order valence-corrected chi connectivity index (χ3v) is 3.53. The van der Waals surface area contributed by atoms with Crippen LogP contribution in [0.25, 0.3) is 11.0 Å². The molecule has 3 aromatic rings. The van der Waals surface area contributed by atoms with Gasteiger partial charge >= 0.3 is 51.4 Å². The summed E-state index contributed by atoms with van der Waals surface area (Å²) in [7, 11) is 0. The minimum atomic E-state index is -0.439. The molecule has 0 radical (unpaired) electrons. The Hall–Kier alpha value is -1.51. The number of ether oxygens (including phenoxy) is 1. The van der Waals surface area contributed by atoms with E-state index in [1.54, 1.807) is 12.1 Å². The van der Waals surface area contributed by atoms with E-state index in [0.29, 0.717) is 24.5 Å². The number of aromatic nitrogens is 2. The Morgan fingerprint density at radius 2 is 2.00 bits per heavy atom. The van der Waals surface area contributed by atoms with Gasteiger partial charge in [0.15, 0.2) is 0 Å². The van der Waals surface area contributed by atoms with Crippen LogP contribution in [0.15, 0.2) is 53.5 Å². The van der Waals surface area contributed by atoms with Gasteiger partial charge in [-0.25, -0.2) is 4.98 Å². The molecule has 1 amide bonds. The number of carbonyl (C=O) groups excluding carboxylic acids is 1. The van der Waals surface area contributed by atoms with Gasteiger partial charge in [0, 0.05) is 18.8 Å². The van der Waals surface area contributed by atoms with Gasteiger partial charge in [0.2, 0.25) is 11.3 Å². The number of benzene rings is 1. The predicted octanol–water partition coefficient (Wildman–Crippen LogP) is -0.632. The average molecular weight is 363 g/mol. The third kappa shape index (κ3) is 4.77. The molecule has 25 heavy (non-hydrogen) atoms. The largest absolute Gasteiger partial charge is 1.00 e. The monoisotopic (exact) mass is 363 g/mol. The summed E-state index contributed by atoms with van der Waals surface area (Å²) in [4.78, 5) is 32.0. The maximum Gasteiger partial charge on any atom is 1.00 e. The molecule has 0 fully saturated rings. The van der Waals surface area contributed by atoms with Crippen molar-refractivity contribution in [1.82, 2.24) is 15.3 Å². The molecule has 0 aliphatic heterocycles. The standard InChI is InChI=1S/C18H17N3O3.K.H/c1-2-24-15-9-8-14-16(21-15)17(22)13(11-19-14)18(23)20-10-12-6-4-3-5-7-12;;/h3-9,11H,2,10H2,1H3,(H,19,22)(H,20,23);;/q;+1;-1. The van der Waals surface area contributed by atoms with Gasteiger partial charge in [-0.3, -0.25) is 9.59 Å². The summed E-state index contributed by atoms with van der Waals surface area (Å²) in [6, 6.07) is 12.9. The van der Waals surface area contributed by atoms with Crippen LogP contribution >= 0.6 is 0 Å². The first-order chi connectivity index (χ1) is 11.7. The zero-order chi connectivity index (χ0) is 16.9. The van der Waals surface area contributed by atoms with Crippen molar-refractivity contribution in [2.45, 2.75) is 13.5 Å². The first-order valence-corrected chi connectivity index (χ1v) is 7.66. The van der Waals surface area contributed by atoms with Crippen LogP contribution in [0.1, 0.15) is 24.3 Å². The summed E-state index contributed by atoms with van der Waals surface area (Å²) in [5.41, 5.74) is 1.31. The fourth-order valence-corrected chi connectivity index (χ4v) is 2.34. The van der Waals surface area contributed by atoms with Gasteiger partial charge in [-0.15, -0.1) is 0 Å². The Morgan fingerprint density at radius 1 is 1.24 bits per heavy atom. The summed E-state index contributed by atoms with van der Waals surface area (Å²) < 4.78 is 5.31. The molecule has 0 aliphatic carbocycles. The van der Waals surface area contributed by atoms with Crippen LogP contribution in [-0.4, -0.2) is 22.5 Å². The number of aromatic amines is 1. The number of fused-ring (bicyclic) bond motifs is 1. The molecule has 0 atom stereocenters. The van der Waals surface area contributed by atoms with E-state index >= 15 is 0 Å². The van der Waals surface area contributed by atoms with E-state index in [-0.39, 0.29) is 63.9 Å². The second-order valence-corrected chi connectivity index (χ2v) is 5.18. The number of rotatable bonds is 5. The van der Waals surface area contributed by atoms with Gasteiger partial charge in [0.05, 0.1) is 12.1 Å². The number of amides is 1. The van der Waals surface area contributed by atoms with Gasteiger partial charge in [0.25, 0.3) is 5.91 Å². The first-order valence-electron chi connectivity index (χ1n) is 7.66. The van der Waals surface area contributed by atoms with E-state index in [9.17, 15) is 9.59 Å². The smallest absolute Gasteiger partial charge is 1.00 e. The number of pyridine rings is 2. The van der Waals surface area contributed by atoms with Crippen LogP contribution in [0.4, 0.5) is 0 Å². The molecule has 124 valence electrons. The van der Waals surface area contributed by atoms with Gasteiger partial charge < -0.3 is 16.5 Å². The van der Waals surface area contributed by atoms with E-state index in [1.165, 1.54) is 6.20 Å². The maximum absolute atomic E-state index is 12.5. The Labute approximate surface area is 188 Å². The molecule has 1 aromatic carbocycles. The number of carbonyl (C=O) groups is 1. The topological polar surface area (TPSA) is 84.1 Å². The molecule has 7 heteroatoms. The molecule has 2 aromatic heterocycles. The second-order valence-electron chi connectivity index (χ2n) is 5.18. The number of H-pyrrole nitrogens is 1. The molecule has 6 nitrogen and oxygen atoms in total. The van der Waals surface area contributed by atoms with E-state index in [2.05, 4.69) is 15.3 Å². The van der Waals surface area contributed by atoms with E-state index in [1.807, 2.05) is 37.3 Å². The van der Waals surface area contributed by atoms with Crippen molar-refractivity contribution in [3.63, 3.8) is 0 Å². The maximum atomic E-state index is 12.5. The first kappa shape index (κ1) is 19.8. The van der Waals surface area contributed by atoms with Gasteiger partial charge in [-0.2, -0.15) is 0 Å². The summed E-state index contributed by atoms with van der Waals surface area (Å²) in [6.07, 6.45) is 1.41. The molecule has 0 aliphatic rings. The van der Waals surface area contributed by atoms with Crippen LogP contribution in [0, 0.1) is 0 Å². The quantitative estimate of drug-likeness (QED) is 0.591. The molecular weight excluding hydrogens is 345 g/mol. The zero-order valence-corrected chi connectivity index (χ0v) is 17.3. The number of nitrogens with zero attached hydrogens (tertiary/aromatic N) is 1. The molecule has 0 bridgehead atoms. The van der Waals surface area contributed by atoms with E-state index in [4.69, 9.17) is 4.74 Å².